The fourth-order valence-electron chi connectivity index (χ4n) is 1.67. The standard InChI is InChI=1S/C13H15BrN4O3/c1-13(2,3)10(15)11-16-12(21-17-11)7-4-8(14)6-9(5-7)18(19)20/h4-6,10H,15H2,1-3H3. The van der Waals surface area contributed by atoms with Crippen LogP contribution in [0.2, 0.25) is 0 Å². The highest BCUT2D eigenvalue weighted by Crippen LogP contribution is 2.31. The van der Waals surface area contributed by atoms with Gasteiger partial charge in [-0.25, -0.2) is 0 Å². The van der Waals surface area contributed by atoms with Gasteiger partial charge < -0.3 is 10.3 Å². The normalized spacial score (nSPS) is 13.2. The second-order valence-corrected chi connectivity index (χ2v) is 6.67. The minimum atomic E-state index is -0.480. The summed E-state index contributed by atoms with van der Waals surface area (Å²) in [6.07, 6.45) is 0. The number of rotatable bonds is 3. The molecule has 0 radical (unpaired) electrons. The van der Waals surface area contributed by atoms with E-state index in [1.165, 1.54) is 12.1 Å². The van der Waals surface area contributed by atoms with E-state index >= 15 is 0 Å². The average molecular weight is 355 g/mol. The summed E-state index contributed by atoms with van der Waals surface area (Å²) < 4.78 is 5.73. The van der Waals surface area contributed by atoms with Crippen molar-refractivity contribution in [3.8, 4) is 11.5 Å². The molecule has 1 aromatic carbocycles. The maximum atomic E-state index is 10.9. The maximum Gasteiger partial charge on any atom is 0.271 e. The number of halogens is 1. The highest BCUT2D eigenvalue weighted by Gasteiger charge is 2.27. The number of nitro groups is 1. The van der Waals surface area contributed by atoms with Gasteiger partial charge in [0.15, 0.2) is 5.82 Å². The number of hydrogen-bond donors (Lipinski definition) is 1. The third-order valence-electron chi connectivity index (χ3n) is 2.99. The fourth-order valence-corrected chi connectivity index (χ4v) is 2.15. The number of nitrogens with zero attached hydrogens (tertiary/aromatic N) is 3. The van der Waals surface area contributed by atoms with E-state index < -0.39 is 11.0 Å². The lowest BCUT2D eigenvalue weighted by Gasteiger charge is -2.23. The molecular weight excluding hydrogens is 340 g/mol. The lowest BCUT2D eigenvalue weighted by atomic mass is 9.87. The Morgan fingerprint density at radius 1 is 1.38 bits per heavy atom. The van der Waals surface area contributed by atoms with Crippen molar-refractivity contribution in [1.82, 2.24) is 10.1 Å². The van der Waals surface area contributed by atoms with Crippen LogP contribution in [-0.2, 0) is 0 Å². The van der Waals surface area contributed by atoms with Gasteiger partial charge in [0.1, 0.15) is 0 Å². The third-order valence-corrected chi connectivity index (χ3v) is 3.45. The maximum absolute atomic E-state index is 10.9. The monoisotopic (exact) mass is 354 g/mol. The van der Waals surface area contributed by atoms with Gasteiger partial charge in [0.05, 0.1) is 11.0 Å². The largest absolute Gasteiger partial charge is 0.334 e. The van der Waals surface area contributed by atoms with Crippen molar-refractivity contribution in [3.63, 3.8) is 0 Å². The van der Waals surface area contributed by atoms with Crippen molar-refractivity contribution in [3.05, 3.63) is 38.6 Å². The smallest absolute Gasteiger partial charge is 0.271 e. The van der Waals surface area contributed by atoms with E-state index in [4.69, 9.17) is 10.3 Å². The Balaban J connectivity index is 2.40. The van der Waals surface area contributed by atoms with Crippen molar-refractivity contribution < 1.29 is 9.45 Å². The molecule has 0 aliphatic heterocycles. The van der Waals surface area contributed by atoms with Gasteiger partial charge in [0.25, 0.3) is 11.6 Å². The molecule has 0 amide bonds. The summed E-state index contributed by atoms with van der Waals surface area (Å²) in [5.74, 6) is 0.578. The van der Waals surface area contributed by atoms with E-state index in [1.807, 2.05) is 20.8 Å². The van der Waals surface area contributed by atoms with Crippen molar-refractivity contribution >= 4 is 21.6 Å². The summed E-state index contributed by atoms with van der Waals surface area (Å²) in [4.78, 5) is 14.6. The van der Waals surface area contributed by atoms with Crippen LogP contribution in [-0.4, -0.2) is 15.1 Å². The Kier molecular flexibility index (Phi) is 4.11. The van der Waals surface area contributed by atoms with Crippen LogP contribution in [0.5, 0.6) is 0 Å². The minimum absolute atomic E-state index is 0.0563. The Morgan fingerprint density at radius 2 is 2.05 bits per heavy atom. The summed E-state index contributed by atoms with van der Waals surface area (Å²) >= 11 is 3.23. The summed E-state index contributed by atoms with van der Waals surface area (Å²) in [5.41, 5.74) is 6.26. The Bertz CT molecular complexity index is 678. The number of aromatic nitrogens is 2. The van der Waals surface area contributed by atoms with Crippen molar-refractivity contribution in [1.29, 1.82) is 0 Å². The molecule has 0 aliphatic carbocycles. The first-order valence-electron chi connectivity index (χ1n) is 6.23. The van der Waals surface area contributed by atoms with Crippen LogP contribution in [0, 0.1) is 15.5 Å². The average Bonchev–Trinajstić information content (AvgIpc) is 2.85. The van der Waals surface area contributed by atoms with Gasteiger partial charge in [-0.1, -0.05) is 41.9 Å². The highest BCUT2D eigenvalue weighted by molar-refractivity contribution is 9.10. The molecule has 1 heterocycles. The molecule has 21 heavy (non-hydrogen) atoms. The zero-order chi connectivity index (χ0) is 15.8. The van der Waals surface area contributed by atoms with Crippen molar-refractivity contribution in [2.75, 3.05) is 0 Å². The first kappa shape index (κ1) is 15.6. The minimum Gasteiger partial charge on any atom is -0.334 e. The molecule has 1 aromatic heterocycles. The summed E-state index contributed by atoms with van der Waals surface area (Å²) in [6.45, 7) is 5.91. The molecule has 2 aromatic rings. The van der Waals surface area contributed by atoms with E-state index in [9.17, 15) is 10.1 Å². The van der Waals surface area contributed by atoms with Crippen LogP contribution in [0.1, 0.15) is 32.6 Å². The fraction of sp³-hybridized carbons (Fsp3) is 0.385. The van der Waals surface area contributed by atoms with Crippen LogP contribution >= 0.6 is 15.9 Å². The third kappa shape index (κ3) is 3.45. The topological polar surface area (TPSA) is 108 Å². The second-order valence-electron chi connectivity index (χ2n) is 5.76. The van der Waals surface area contributed by atoms with Gasteiger partial charge in [-0.05, 0) is 11.5 Å². The zero-order valence-corrected chi connectivity index (χ0v) is 13.4. The summed E-state index contributed by atoms with van der Waals surface area (Å²) in [6, 6.07) is 4.07. The lowest BCUT2D eigenvalue weighted by molar-refractivity contribution is -0.384. The first-order valence-corrected chi connectivity index (χ1v) is 7.02. The van der Waals surface area contributed by atoms with Gasteiger partial charge in [-0.15, -0.1) is 0 Å². The first-order chi connectivity index (χ1) is 9.68. The van der Waals surface area contributed by atoms with Gasteiger partial charge in [-0.3, -0.25) is 10.1 Å². The predicted octanol–water partition coefficient (Wildman–Crippen LogP) is 3.45. The molecule has 1 unspecified atom stereocenters. The van der Waals surface area contributed by atoms with Crippen LogP contribution in [0.4, 0.5) is 5.69 Å². The molecule has 0 saturated heterocycles. The Hall–Kier alpha value is -1.80. The number of hydrogen-bond acceptors (Lipinski definition) is 6. The number of nitrogens with two attached hydrogens (primary N) is 1. The molecule has 2 rings (SSSR count). The molecule has 0 saturated carbocycles. The number of benzene rings is 1. The van der Waals surface area contributed by atoms with Crippen LogP contribution < -0.4 is 5.73 Å². The van der Waals surface area contributed by atoms with E-state index in [1.54, 1.807) is 6.07 Å². The summed E-state index contributed by atoms with van der Waals surface area (Å²) in [5, 5.41) is 14.7. The quantitative estimate of drug-likeness (QED) is 0.667. The molecule has 112 valence electrons. The Labute approximate surface area is 129 Å². The summed E-state index contributed by atoms with van der Waals surface area (Å²) in [7, 11) is 0. The predicted molar refractivity (Wildman–Crippen MR) is 80.5 cm³/mol. The van der Waals surface area contributed by atoms with Crippen molar-refractivity contribution in [2.24, 2.45) is 11.1 Å². The van der Waals surface area contributed by atoms with Crippen LogP contribution in [0.25, 0.3) is 11.5 Å². The van der Waals surface area contributed by atoms with E-state index in [0.29, 0.717) is 15.9 Å². The second kappa shape index (κ2) is 5.53. The molecule has 8 heteroatoms. The molecule has 7 nitrogen and oxygen atoms in total. The van der Waals surface area contributed by atoms with Gasteiger partial charge in [0, 0.05) is 22.2 Å². The van der Waals surface area contributed by atoms with Gasteiger partial charge in [-0.2, -0.15) is 4.98 Å². The molecular formula is C13H15BrN4O3. The Morgan fingerprint density at radius 3 is 2.62 bits per heavy atom. The van der Waals surface area contributed by atoms with E-state index in [2.05, 4.69) is 26.1 Å². The zero-order valence-electron chi connectivity index (χ0n) is 11.8. The van der Waals surface area contributed by atoms with Gasteiger partial charge >= 0.3 is 0 Å². The molecule has 0 spiro atoms. The number of non-ortho nitro benzene ring substituents is 1. The van der Waals surface area contributed by atoms with Gasteiger partial charge in [0.2, 0.25) is 0 Å². The van der Waals surface area contributed by atoms with E-state index in [-0.39, 0.29) is 17.0 Å². The van der Waals surface area contributed by atoms with E-state index in [0.717, 1.165) is 0 Å². The number of nitro benzene ring substituents is 1. The molecule has 0 aliphatic rings. The van der Waals surface area contributed by atoms with Crippen LogP contribution in [0.3, 0.4) is 0 Å². The molecule has 1 atom stereocenters. The van der Waals surface area contributed by atoms with Crippen LogP contribution in [0.15, 0.2) is 27.2 Å². The molecule has 2 N–H and O–H groups in total. The SMILES string of the molecule is CC(C)(C)C(N)c1noc(-c2cc(Br)cc([N+](=O)[O-])c2)n1. The lowest BCUT2D eigenvalue weighted by Crippen LogP contribution is -2.27. The molecule has 0 bridgehead atoms. The van der Waals surface area contributed by atoms with Crippen molar-refractivity contribution in [2.45, 2.75) is 26.8 Å². The molecule has 0 fully saturated rings. The highest BCUT2D eigenvalue weighted by atomic mass is 79.9.